The van der Waals surface area contributed by atoms with Crippen LogP contribution < -0.4 is 0 Å². The smallest absolute Gasteiger partial charge is 0.140 e. The van der Waals surface area contributed by atoms with E-state index in [1.165, 1.54) is 25.7 Å². The van der Waals surface area contributed by atoms with Gasteiger partial charge < -0.3 is 0 Å². The fourth-order valence-electron chi connectivity index (χ4n) is 2.14. The number of hydrogen-bond acceptors (Lipinski definition) is 2. The van der Waals surface area contributed by atoms with Crippen molar-refractivity contribution in [1.29, 1.82) is 0 Å². The molecule has 0 aliphatic heterocycles. The van der Waals surface area contributed by atoms with Gasteiger partial charge in [-0.15, -0.1) is 0 Å². The van der Waals surface area contributed by atoms with Gasteiger partial charge in [-0.3, -0.25) is 9.59 Å². The second-order valence-electron chi connectivity index (χ2n) is 4.38. The van der Waals surface area contributed by atoms with Gasteiger partial charge in [0.1, 0.15) is 11.6 Å². The molecule has 14 heavy (non-hydrogen) atoms. The molecule has 0 N–H and O–H groups in total. The maximum Gasteiger partial charge on any atom is 0.140 e. The third kappa shape index (κ3) is 4.03. The van der Waals surface area contributed by atoms with Gasteiger partial charge >= 0.3 is 0 Å². The van der Waals surface area contributed by atoms with Gasteiger partial charge in [0.25, 0.3) is 0 Å². The summed E-state index contributed by atoms with van der Waals surface area (Å²) < 4.78 is 0. The number of unbranched alkanes of at least 4 members (excludes halogenated alkanes) is 3. The number of carbonyl (C=O) groups excluding carboxylic acids is 2. The third-order valence-corrected chi connectivity index (χ3v) is 2.89. The molecule has 1 aliphatic rings. The summed E-state index contributed by atoms with van der Waals surface area (Å²) in [7, 11) is 0. The van der Waals surface area contributed by atoms with E-state index in [9.17, 15) is 9.59 Å². The van der Waals surface area contributed by atoms with Gasteiger partial charge in [0, 0.05) is 12.8 Å². The average molecular weight is 196 g/mol. The summed E-state index contributed by atoms with van der Waals surface area (Å²) in [5, 5.41) is 0. The zero-order valence-corrected chi connectivity index (χ0v) is 9.05. The molecule has 1 fully saturated rings. The topological polar surface area (TPSA) is 34.1 Å². The number of ketones is 2. The predicted molar refractivity (Wildman–Crippen MR) is 56.1 cm³/mol. The van der Waals surface area contributed by atoms with Crippen molar-refractivity contribution in [2.75, 3.05) is 0 Å². The molecule has 0 saturated heterocycles. The fraction of sp³-hybridized carbons (Fsp3) is 0.833. The molecule has 0 radical (unpaired) electrons. The summed E-state index contributed by atoms with van der Waals surface area (Å²) >= 11 is 0. The molecule has 0 aromatic heterocycles. The number of hydrogen-bond donors (Lipinski definition) is 0. The first-order valence-corrected chi connectivity index (χ1v) is 5.75. The molecule has 0 aromatic carbocycles. The lowest BCUT2D eigenvalue weighted by molar-refractivity contribution is -0.131. The summed E-state index contributed by atoms with van der Waals surface area (Å²) in [5.41, 5.74) is 0. The van der Waals surface area contributed by atoms with Crippen LogP contribution in [-0.2, 0) is 9.59 Å². The molecule has 1 saturated carbocycles. The lowest BCUT2D eigenvalue weighted by Gasteiger charge is -2.19. The highest BCUT2D eigenvalue weighted by Gasteiger charge is 2.24. The molecular formula is C12H20O2. The first-order valence-electron chi connectivity index (χ1n) is 5.75. The molecule has 1 rings (SSSR count). The van der Waals surface area contributed by atoms with Gasteiger partial charge in [0.05, 0.1) is 6.42 Å². The van der Waals surface area contributed by atoms with Gasteiger partial charge in [0.15, 0.2) is 0 Å². The predicted octanol–water partition coefficient (Wildman–Crippen LogP) is 2.90. The van der Waals surface area contributed by atoms with Crippen LogP contribution in [0, 0.1) is 5.92 Å². The minimum atomic E-state index is 0.154. The standard InChI is InChI=1S/C12H20O2/c1-2-3-4-5-6-10-7-11(13)9-12(14)8-10/h10H,2-9H2,1H3. The molecular weight excluding hydrogens is 176 g/mol. The molecule has 0 amide bonds. The Bertz CT molecular complexity index is 192. The molecule has 2 heteroatoms. The highest BCUT2D eigenvalue weighted by Crippen LogP contribution is 2.24. The van der Waals surface area contributed by atoms with Gasteiger partial charge in [-0.1, -0.05) is 32.6 Å². The molecule has 0 aromatic rings. The molecule has 0 unspecified atom stereocenters. The summed E-state index contributed by atoms with van der Waals surface area (Å²) in [4.78, 5) is 22.3. The highest BCUT2D eigenvalue weighted by molar-refractivity contribution is 6.01. The lowest BCUT2D eigenvalue weighted by Crippen LogP contribution is -2.22. The monoisotopic (exact) mass is 196 g/mol. The maximum absolute atomic E-state index is 11.2. The average Bonchev–Trinajstić information content (AvgIpc) is 2.11. The highest BCUT2D eigenvalue weighted by atomic mass is 16.1. The van der Waals surface area contributed by atoms with E-state index in [-0.39, 0.29) is 18.0 Å². The largest absolute Gasteiger partial charge is 0.299 e. The molecule has 0 bridgehead atoms. The molecule has 0 heterocycles. The van der Waals surface area contributed by atoms with Crippen LogP contribution in [0.2, 0.25) is 0 Å². The van der Waals surface area contributed by atoms with Crippen molar-refractivity contribution < 1.29 is 9.59 Å². The zero-order valence-electron chi connectivity index (χ0n) is 9.05. The van der Waals surface area contributed by atoms with E-state index in [0.717, 1.165) is 6.42 Å². The Morgan fingerprint density at radius 3 is 2.29 bits per heavy atom. The summed E-state index contributed by atoms with van der Waals surface area (Å²) in [6.07, 6.45) is 7.50. The Balaban J connectivity index is 2.17. The van der Waals surface area contributed by atoms with Gasteiger partial charge in [-0.2, -0.15) is 0 Å². The molecule has 80 valence electrons. The van der Waals surface area contributed by atoms with Crippen molar-refractivity contribution in [1.82, 2.24) is 0 Å². The van der Waals surface area contributed by atoms with E-state index < -0.39 is 0 Å². The lowest BCUT2D eigenvalue weighted by atomic mass is 9.84. The SMILES string of the molecule is CCCCCCC1CC(=O)CC(=O)C1. The maximum atomic E-state index is 11.2. The Labute approximate surface area is 86.1 Å². The van der Waals surface area contributed by atoms with Crippen LogP contribution in [0.3, 0.4) is 0 Å². The van der Waals surface area contributed by atoms with Crippen LogP contribution in [0.5, 0.6) is 0 Å². The van der Waals surface area contributed by atoms with Crippen molar-refractivity contribution in [2.45, 2.75) is 58.3 Å². The second-order valence-corrected chi connectivity index (χ2v) is 4.38. The minimum Gasteiger partial charge on any atom is -0.299 e. The Hall–Kier alpha value is -0.660. The summed E-state index contributed by atoms with van der Waals surface area (Å²) in [5.74, 6) is 0.670. The van der Waals surface area contributed by atoms with Crippen molar-refractivity contribution in [2.24, 2.45) is 5.92 Å². The Kier molecular flexibility index (Phi) is 4.85. The second kappa shape index (κ2) is 5.94. The van der Waals surface area contributed by atoms with Gasteiger partial charge in [0.2, 0.25) is 0 Å². The molecule has 0 spiro atoms. The summed E-state index contributed by atoms with van der Waals surface area (Å²) in [6.45, 7) is 2.19. The number of rotatable bonds is 5. The first kappa shape index (κ1) is 11.4. The number of carbonyl (C=O) groups is 2. The molecule has 0 atom stereocenters. The van der Waals surface area contributed by atoms with Crippen LogP contribution >= 0.6 is 0 Å². The number of Topliss-reactive ketones (excluding diaryl/α,β-unsaturated/α-hetero) is 2. The summed E-state index contributed by atoms with van der Waals surface area (Å²) in [6, 6.07) is 0. The van der Waals surface area contributed by atoms with E-state index in [1.807, 2.05) is 0 Å². The van der Waals surface area contributed by atoms with Crippen LogP contribution in [-0.4, -0.2) is 11.6 Å². The fourth-order valence-corrected chi connectivity index (χ4v) is 2.14. The normalized spacial score (nSPS) is 18.9. The van der Waals surface area contributed by atoms with Gasteiger partial charge in [-0.05, 0) is 12.3 Å². The van der Waals surface area contributed by atoms with E-state index in [2.05, 4.69) is 6.92 Å². The quantitative estimate of drug-likeness (QED) is 0.500. The minimum absolute atomic E-state index is 0.154. The van der Waals surface area contributed by atoms with Crippen molar-refractivity contribution in [3.05, 3.63) is 0 Å². The van der Waals surface area contributed by atoms with Crippen LogP contribution in [0.1, 0.15) is 58.3 Å². The van der Waals surface area contributed by atoms with Crippen LogP contribution in [0.4, 0.5) is 0 Å². The first-order chi connectivity index (χ1) is 6.72. The molecule has 1 aliphatic carbocycles. The van der Waals surface area contributed by atoms with E-state index in [1.54, 1.807) is 0 Å². The van der Waals surface area contributed by atoms with E-state index in [0.29, 0.717) is 18.8 Å². The van der Waals surface area contributed by atoms with E-state index >= 15 is 0 Å². The van der Waals surface area contributed by atoms with Crippen LogP contribution in [0.25, 0.3) is 0 Å². The van der Waals surface area contributed by atoms with Crippen LogP contribution in [0.15, 0.2) is 0 Å². The molecule has 2 nitrogen and oxygen atoms in total. The van der Waals surface area contributed by atoms with Crippen molar-refractivity contribution in [3.63, 3.8) is 0 Å². The Morgan fingerprint density at radius 2 is 1.71 bits per heavy atom. The van der Waals surface area contributed by atoms with Crippen molar-refractivity contribution >= 4 is 11.6 Å². The Morgan fingerprint density at radius 1 is 1.07 bits per heavy atom. The van der Waals surface area contributed by atoms with Crippen molar-refractivity contribution in [3.8, 4) is 0 Å². The van der Waals surface area contributed by atoms with E-state index in [4.69, 9.17) is 0 Å². The van der Waals surface area contributed by atoms with Gasteiger partial charge in [-0.25, -0.2) is 0 Å². The zero-order chi connectivity index (χ0) is 10.4. The third-order valence-electron chi connectivity index (χ3n) is 2.89.